The Balaban J connectivity index is 2.97. The molecule has 0 saturated carbocycles. The summed E-state index contributed by atoms with van der Waals surface area (Å²) >= 11 is 0. The maximum Gasteiger partial charge on any atom is 0.0900 e. The second-order valence-corrected chi connectivity index (χ2v) is 1.66. The maximum absolute atomic E-state index is 3.97. The predicted octanol–water partition coefficient (Wildman–Crippen LogP) is 0.596. The lowest BCUT2D eigenvalue weighted by Gasteiger charge is -2.01. The normalized spacial score (nSPS) is 11.4. The van der Waals surface area contributed by atoms with Crippen LogP contribution in [0, 0.1) is 0 Å². The molecule has 2 nitrogen and oxygen atoms in total. The fraction of sp³-hybridized carbons (Fsp3) is 0.800. The van der Waals surface area contributed by atoms with Crippen LogP contribution in [0.15, 0.2) is 4.99 Å². The van der Waals surface area contributed by atoms with E-state index in [-0.39, 0.29) is 0 Å². The van der Waals surface area contributed by atoms with Gasteiger partial charge in [0, 0.05) is 0 Å². The Morgan fingerprint density at radius 3 is 2.29 bits per heavy atom. The quantitative estimate of drug-likeness (QED) is 0.464. The van der Waals surface area contributed by atoms with Gasteiger partial charge in [-0.3, -0.25) is 9.89 Å². The molecule has 0 aliphatic heterocycles. The van der Waals surface area contributed by atoms with Crippen molar-refractivity contribution in [3.05, 3.63) is 0 Å². The van der Waals surface area contributed by atoms with Crippen LogP contribution in [0.4, 0.5) is 0 Å². The predicted molar refractivity (Wildman–Crippen MR) is 32.7 cm³/mol. The van der Waals surface area contributed by atoms with E-state index in [0.29, 0.717) is 0 Å². The first-order chi connectivity index (χ1) is 3.27. The van der Waals surface area contributed by atoms with Crippen LogP contribution in [0.25, 0.3) is 0 Å². The van der Waals surface area contributed by atoms with Gasteiger partial charge in [-0.2, -0.15) is 0 Å². The van der Waals surface area contributed by atoms with Gasteiger partial charge in [-0.15, -0.1) is 0 Å². The van der Waals surface area contributed by atoms with Crippen molar-refractivity contribution in [3.63, 3.8) is 0 Å². The fourth-order valence-electron chi connectivity index (χ4n) is 0.245. The molecule has 0 aromatic rings. The summed E-state index contributed by atoms with van der Waals surface area (Å²) in [6.07, 6.45) is 1.81. The number of nitrogens with zero attached hydrogens (tertiary/aromatic N) is 2. The van der Waals surface area contributed by atoms with Gasteiger partial charge in [0.15, 0.2) is 0 Å². The summed E-state index contributed by atoms with van der Waals surface area (Å²) in [6, 6.07) is 0. The standard InChI is InChI=1S/C5H12N2/c1-4-6-5-7(2)3/h4H,5H2,1-3H3/b6-4-. The van der Waals surface area contributed by atoms with Crippen molar-refractivity contribution in [1.29, 1.82) is 0 Å². The molecule has 0 aliphatic rings. The average molecular weight is 100 g/mol. The second-order valence-electron chi connectivity index (χ2n) is 1.66. The zero-order valence-corrected chi connectivity index (χ0v) is 5.18. The van der Waals surface area contributed by atoms with Crippen molar-refractivity contribution in [3.8, 4) is 0 Å². The highest BCUT2D eigenvalue weighted by Gasteiger charge is 1.77. The molecule has 0 fully saturated rings. The second kappa shape index (κ2) is 3.81. The van der Waals surface area contributed by atoms with E-state index in [1.165, 1.54) is 0 Å². The van der Waals surface area contributed by atoms with Crippen molar-refractivity contribution in [2.24, 2.45) is 4.99 Å². The number of hydrogen-bond acceptors (Lipinski definition) is 2. The minimum atomic E-state index is 0.802. The Bertz CT molecular complexity index is 57.1. The molecule has 42 valence electrons. The van der Waals surface area contributed by atoms with Crippen LogP contribution in [-0.4, -0.2) is 31.9 Å². The molecule has 0 amide bonds. The Hall–Kier alpha value is -0.370. The lowest BCUT2D eigenvalue weighted by atomic mass is 10.8. The Kier molecular flexibility index (Phi) is 3.61. The van der Waals surface area contributed by atoms with Gasteiger partial charge in [0.1, 0.15) is 0 Å². The van der Waals surface area contributed by atoms with Gasteiger partial charge in [0.25, 0.3) is 0 Å². The highest BCUT2D eigenvalue weighted by molar-refractivity contribution is 5.52. The van der Waals surface area contributed by atoms with Crippen LogP contribution in [0.5, 0.6) is 0 Å². The summed E-state index contributed by atoms with van der Waals surface area (Å²) in [5.74, 6) is 0. The molecule has 0 saturated heterocycles. The molecule has 0 aromatic carbocycles. The molecule has 7 heavy (non-hydrogen) atoms. The zero-order valence-electron chi connectivity index (χ0n) is 5.18. The third-order valence-corrected chi connectivity index (χ3v) is 0.547. The number of hydrogen-bond donors (Lipinski definition) is 0. The lowest BCUT2D eigenvalue weighted by molar-refractivity contribution is 0.425. The Morgan fingerprint density at radius 1 is 1.57 bits per heavy atom. The van der Waals surface area contributed by atoms with Crippen LogP contribution in [0.2, 0.25) is 0 Å². The summed E-state index contributed by atoms with van der Waals surface area (Å²) in [4.78, 5) is 5.99. The molecule has 0 unspecified atom stereocenters. The van der Waals surface area contributed by atoms with Gasteiger partial charge >= 0.3 is 0 Å². The molecule has 0 bridgehead atoms. The molecule has 0 spiro atoms. The highest BCUT2D eigenvalue weighted by Crippen LogP contribution is 1.70. The SMILES string of the molecule is C/C=N\CN(C)C. The summed E-state index contributed by atoms with van der Waals surface area (Å²) < 4.78 is 0. The number of aliphatic imine (C=N–C) groups is 1. The molecular weight excluding hydrogens is 88.1 g/mol. The smallest absolute Gasteiger partial charge is 0.0900 e. The minimum absolute atomic E-state index is 0.802. The largest absolute Gasteiger partial charge is 0.291 e. The van der Waals surface area contributed by atoms with Crippen molar-refractivity contribution in [2.45, 2.75) is 6.92 Å². The molecule has 0 aromatic heterocycles. The maximum atomic E-state index is 3.97. The summed E-state index contributed by atoms with van der Waals surface area (Å²) in [5.41, 5.74) is 0. The summed E-state index contributed by atoms with van der Waals surface area (Å²) in [7, 11) is 3.99. The minimum Gasteiger partial charge on any atom is -0.291 e. The summed E-state index contributed by atoms with van der Waals surface area (Å²) in [5, 5.41) is 0. The zero-order chi connectivity index (χ0) is 5.70. The van der Waals surface area contributed by atoms with E-state index in [9.17, 15) is 0 Å². The fourth-order valence-corrected chi connectivity index (χ4v) is 0.245. The van der Waals surface area contributed by atoms with E-state index in [1.54, 1.807) is 6.21 Å². The van der Waals surface area contributed by atoms with E-state index in [0.717, 1.165) is 6.67 Å². The molecule has 0 N–H and O–H groups in total. The van der Waals surface area contributed by atoms with Crippen molar-refractivity contribution in [1.82, 2.24) is 4.90 Å². The average Bonchev–Trinajstić information content (AvgIpc) is 1.61. The van der Waals surface area contributed by atoms with Crippen LogP contribution in [0.3, 0.4) is 0 Å². The molecule has 0 rings (SSSR count). The van der Waals surface area contributed by atoms with Crippen LogP contribution in [-0.2, 0) is 0 Å². The van der Waals surface area contributed by atoms with Crippen LogP contribution < -0.4 is 0 Å². The van der Waals surface area contributed by atoms with Crippen molar-refractivity contribution in [2.75, 3.05) is 20.8 Å². The van der Waals surface area contributed by atoms with E-state index in [1.807, 2.05) is 25.9 Å². The molecule has 2 heteroatoms. The molecule has 0 radical (unpaired) electrons. The van der Waals surface area contributed by atoms with Gasteiger partial charge in [-0.05, 0) is 27.2 Å². The van der Waals surface area contributed by atoms with Crippen LogP contribution in [0.1, 0.15) is 6.92 Å². The first kappa shape index (κ1) is 6.63. The Morgan fingerprint density at radius 2 is 2.14 bits per heavy atom. The first-order valence-electron chi connectivity index (χ1n) is 2.36. The van der Waals surface area contributed by atoms with E-state index >= 15 is 0 Å². The van der Waals surface area contributed by atoms with Gasteiger partial charge in [0.05, 0.1) is 6.67 Å². The molecule has 0 atom stereocenters. The Labute approximate surface area is 44.9 Å². The monoisotopic (exact) mass is 100 g/mol. The van der Waals surface area contributed by atoms with Gasteiger partial charge in [0.2, 0.25) is 0 Å². The topological polar surface area (TPSA) is 15.6 Å². The van der Waals surface area contributed by atoms with Crippen molar-refractivity contribution >= 4 is 6.21 Å². The first-order valence-corrected chi connectivity index (χ1v) is 2.36. The molecule has 0 aliphatic carbocycles. The third-order valence-electron chi connectivity index (χ3n) is 0.547. The lowest BCUT2D eigenvalue weighted by Crippen LogP contribution is -2.10. The van der Waals surface area contributed by atoms with Crippen molar-refractivity contribution < 1.29 is 0 Å². The van der Waals surface area contributed by atoms with Gasteiger partial charge < -0.3 is 0 Å². The van der Waals surface area contributed by atoms with E-state index in [4.69, 9.17) is 0 Å². The number of rotatable bonds is 2. The van der Waals surface area contributed by atoms with E-state index < -0.39 is 0 Å². The van der Waals surface area contributed by atoms with E-state index in [2.05, 4.69) is 4.99 Å². The third kappa shape index (κ3) is 5.63. The van der Waals surface area contributed by atoms with Gasteiger partial charge in [-0.25, -0.2) is 0 Å². The molecule has 0 heterocycles. The molecular formula is C5H12N2. The summed E-state index contributed by atoms with van der Waals surface area (Å²) in [6.45, 7) is 2.72. The van der Waals surface area contributed by atoms with Gasteiger partial charge in [-0.1, -0.05) is 0 Å². The highest BCUT2D eigenvalue weighted by atomic mass is 15.1. The van der Waals surface area contributed by atoms with Crippen LogP contribution >= 0.6 is 0 Å².